The van der Waals surface area contributed by atoms with Crippen LogP contribution >= 0.6 is 11.3 Å². The summed E-state index contributed by atoms with van der Waals surface area (Å²) in [5.41, 5.74) is 3.20. The van der Waals surface area contributed by atoms with Crippen LogP contribution in [0.25, 0.3) is 27.2 Å². The number of thiophene rings is 1. The maximum absolute atomic E-state index is 12.6. The molecule has 3 heterocycles. The van der Waals surface area contributed by atoms with E-state index in [1.165, 1.54) is 10.7 Å². The SMILES string of the molecule is CCNC(=O)c1cnc2c(-c3cc(-c4ccccc4)cs3)c[nH]n2c1=O. The molecule has 0 saturated carbocycles. The first-order valence-corrected chi connectivity index (χ1v) is 9.08. The molecule has 0 fully saturated rings. The minimum Gasteiger partial charge on any atom is -0.352 e. The summed E-state index contributed by atoms with van der Waals surface area (Å²) in [6.45, 7) is 2.25. The van der Waals surface area contributed by atoms with Crippen molar-refractivity contribution in [3.63, 3.8) is 0 Å². The first-order chi connectivity index (χ1) is 12.7. The van der Waals surface area contributed by atoms with Crippen molar-refractivity contribution in [1.29, 1.82) is 0 Å². The maximum Gasteiger partial charge on any atom is 0.285 e. The molecule has 4 aromatic rings. The van der Waals surface area contributed by atoms with Gasteiger partial charge in [0.15, 0.2) is 5.65 Å². The van der Waals surface area contributed by atoms with Crippen molar-refractivity contribution in [2.24, 2.45) is 0 Å². The van der Waals surface area contributed by atoms with E-state index in [0.717, 1.165) is 21.6 Å². The lowest BCUT2D eigenvalue weighted by atomic mass is 10.1. The first-order valence-electron chi connectivity index (χ1n) is 8.20. The number of fused-ring (bicyclic) bond motifs is 1. The van der Waals surface area contributed by atoms with Gasteiger partial charge in [-0.25, -0.2) is 9.50 Å². The predicted octanol–water partition coefficient (Wildman–Crippen LogP) is 3.17. The van der Waals surface area contributed by atoms with E-state index in [0.29, 0.717) is 12.2 Å². The Balaban J connectivity index is 1.77. The van der Waals surface area contributed by atoms with Gasteiger partial charge in [-0.05, 0) is 29.5 Å². The summed E-state index contributed by atoms with van der Waals surface area (Å²) in [5.74, 6) is -0.418. The lowest BCUT2D eigenvalue weighted by Gasteiger charge is -2.02. The van der Waals surface area contributed by atoms with E-state index in [4.69, 9.17) is 0 Å². The Kier molecular flexibility index (Phi) is 4.14. The summed E-state index contributed by atoms with van der Waals surface area (Å²) in [4.78, 5) is 29.9. The molecule has 1 aromatic carbocycles. The van der Waals surface area contributed by atoms with Crippen molar-refractivity contribution in [3.8, 4) is 21.6 Å². The number of nitrogens with one attached hydrogen (secondary N) is 2. The lowest BCUT2D eigenvalue weighted by molar-refractivity contribution is 0.0953. The zero-order chi connectivity index (χ0) is 18.1. The highest BCUT2D eigenvalue weighted by molar-refractivity contribution is 7.14. The Morgan fingerprint density at radius 2 is 2.08 bits per heavy atom. The minimum atomic E-state index is -0.418. The summed E-state index contributed by atoms with van der Waals surface area (Å²) in [6, 6.07) is 12.2. The topological polar surface area (TPSA) is 79.3 Å². The molecule has 0 aliphatic heterocycles. The molecule has 130 valence electrons. The number of nitrogens with zero attached hydrogens (tertiary/aromatic N) is 2. The number of carbonyl (C=O) groups is 1. The van der Waals surface area contributed by atoms with E-state index in [1.807, 2.05) is 18.2 Å². The van der Waals surface area contributed by atoms with Crippen LogP contribution in [0.4, 0.5) is 0 Å². The lowest BCUT2D eigenvalue weighted by Crippen LogP contribution is -2.31. The van der Waals surface area contributed by atoms with Crippen LogP contribution in [0.5, 0.6) is 0 Å². The van der Waals surface area contributed by atoms with Gasteiger partial charge in [-0.15, -0.1) is 11.3 Å². The van der Waals surface area contributed by atoms with Gasteiger partial charge in [0.2, 0.25) is 0 Å². The van der Waals surface area contributed by atoms with Crippen LogP contribution in [0.1, 0.15) is 17.3 Å². The van der Waals surface area contributed by atoms with Crippen molar-refractivity contribution in [2.75, 3.05) is 6.54 Å². The molecule has 0 radical (unpaired) electrons. The first kappa shape index (κ1) is 16.3. The van der Waals surface area contributed by atoms with E-state index in [-0.39, 0.29) is 5.56 Å². The fourth-order valence-corrected chi connectivity index (χ4v) is 3.74. The average molecular weight is 364 g/mol. The molecule has 0 saturated heterocycles. The molecule has 0 aliphatic rings. The molecule has 0 aliphatic carbocycles. The number of carbonyl (C=O) groups excluding carboxylic acids is 1. The molecule has 0 atom stereocenters. The zero-order valence-electron chi connectivity index (χ0n) is 14.0. The van der Waals surface area contributed by atoms with E-state index in [2.05, 4.69) is 39.0 Å². The standard InChI is InChI=1S/C19H16N4O2S/c1-2-20-18(24)15-9-21-17-14(10-22-23(17)19(15)25)16-8-13(11-26-16)12-6-4-3-5-7-12/h3-11,22H,2H2,1H3,(H,20,24). The molecular formula is C19H16N4O2S. The van der Waals surface area contributed by atoms with E-state index in [9.17, 15) is 9.59 Å². The summed E-state index contributed by atoms with van der Waals surface area (Å²) in [6.07, 6.45) is 3.08. The zero-order valence-corrected chi connectivity index (χ0v) is 14.8. The molecular weight excluding hydrogens is 348 g/mol. The maximum atomic E-state index is 12.6. The van der Waals surface area contributed by atoms with Gasteiger partial charge < -0.3 is 5.32 Å². The van der Waals surface area contributed by atoms with Crippen LogP contribution in [-0.2, 0) is 0 Å². The number of rotatable bonds is 4. The van der Waals surface area contributed by atoms with Crippen molar-refractivity contribution in [3.05, 3.63) is 70.1 Å². The Morgan fingerprint density at radius 1 is 1.27 bits per heavy atom. The normalized spacial score (nSPS) is 11.0. The van der Waals surface area contributed by atoms with Crippen LogP contribution in [-0.4, -0.2) is 27.0 Å². The van der Waals surface area contributed by atoms with Crippen LogP contribution in [0.2, 0.25) is 0 Å². The predicted molar refractivity (Wildman–Crippen MR) is 103 cm³/mol. The molecule has 2 N–H and O–H groups in total. The Labute approximate surface area is 153 Å². The van der Waals surface area contributed by atoms with Crippen molar-refractivity contribution in [2.45, 2.75) is 6.92 Å². The number of aromatic nitrogens is 3. The second-order valence-corrected chi connectivity index (χ2v) is 6.66. The van der Waals surface area contributed by atoms with Crippen LogP contribution in [0, 0.1) is 0 Å². The quantitative estimate of drug-likeness (QED) is 0.584. The largest absolute Gasteiger partial charge is 0.352 e. The highest BCUT2D eigenvalue weighted by atomic mass is 32.1. The molecule has 3 aromatic heterocycles. The second-order valence-electron chi connectivity index (χ2n) is 5.75. The summed E-state index contributed by atoms with van der Waals surface area (Å²) >= 11 is 1.59. The summed E-state index contributed by atoms with van der Waals surface area (Å²) < 4.78 is 1.31. The van der Waals surface area contributed by atoms with Gasteiger partial charge in [0, 0.05) is 23.8 Å². The van der Waals surface area contributed by atoms with Gasteiger partial charge in [-0.1, -0.05) is 30.3 Å². The number of aromatic amines is 1. The second kappa shape index (κ2) is 6.61. The fraction of sp³-hybridized carbons (Fsp3) is 0.105. The molecule has 7 heteroatoms. The number of hydrogen-bond acceptors (Lipinski definition) is 4. The minimum absolute atomic E-state index is 0.0221. The number of amides is 1. The van der Waals surface area contributed by atoms with Crippen molar-refractivity contribution < 1.29 is 4.79 Å². The monoisotopic (exact) mass is 364 g/mol. The Hall–Kier alpha value is -3.19. The van der Waals surface area contributed by atoms with Gasteiger partial charge in [-0.2, -0.15) is 0 Å². The highest BCUT2D eigenvalue weighted by Gasteiger charge is 2.17. The van der Waals surface area contributed by atoms with Crippen molar-refractivity contribution in [1.82, 2.24) is 19.9 Å². The van der Waals surface area contributed by atoms with E-state index >= 15 is 0 Å². The van der Waals surface area contributed by atoms with Gasteiger partial charge in [0.25, 0.3) is 11.5 Å². The van der Waals surface area contributed by atoms with Crippen molar-refractivity contribution >= 4 is 22.9 Å². The molecule has 1 amide bonds. The van der Waals surface area contributed by atoms with E-state index in [1.54, 1.807) is 24.5 Å². The molecule has 4 rings (SSSR count). The highest BCUT2D eigenvalue weighted by Crippen LogP contribution is 2.33. The number of benzene rings is 1. The average Bonchev–Trinajstić information content (AvgIpc) is 3.30. The molecule has 0 unspecified atom stereocenters. The van der Waals surface area contributed by atoms with Crippen LogP contribution in [0.3, 0.4) is 0 Å². The molecule has 0 spiro atoms. The van der Waals surface area contributed by atoms with Gasteiger partial charge in [0.1, 0.15) is 5.56 Å². The summed E-state index contributed by atoms with van der Waals surface area (Å²) in [5, 5.41) is 7.61. The fourth-order valence-electron chi connectivity index (χ4n) is 2.81. The molecule has 6 nitrogen and oxygen atoms in total. The number of hydrogen-bond donors (Lipinski definition) is 2. The Bertz CT molecular complexity index is 1140. The third kappa shape index (κ3) is 2.72. The van der Waals surface area contributed by atoms with Gasteiger partial charge >= 0.3 is 0 Å². The third-order valence-electron chi connectivity index (χ3n) is 4.09. The van der Waals surface area contributed by atoms with Crippen LogP contribution < -0.4 is 10.9 Å². The Morgan fingerprint density at radius 3 is 2.85 bits per heavy atom. The summed E-state index contributed by atoms with van der Waals surface area (Å²) in [7, 11) is 0. The third-order valence-corrected chi connectivity index (χ3v) is 5.06. The number of H-pyrrole nitrogens is 1. The van der Waals surface area contributed by atoms with Gasteiger partial charge in [-0.3, -0.25) is 14.7 Å². The van der Waals surface area contributed by atoms with Crippen LogP contribution in [0.15, 0.2) is 59.0 Å². The molecule has 26 heavy (non-hydrogen) atoms. The van der Waals surface area contributed by atoms with E-state index < -0.39 is 11.5 Å². The molecule has 0 bridgehead atoms. The van der Waals surface area contributed by atoms with Gasteiger partial charge in [0.05, 0.1) is 5.56 Å². The smallest absolute Gasteiger partial charge is 0.285 e.